The molecule has 0 aliphatic rings. The number of nitrogens with zero attached hydrogens (tertiary/aromatic N) is 1. The van der Waals surface area contributed by atoms with E-state index < -0.39 is 0 Å². The van der Waals surface area contributed by atoms with E-state index in [1.807, 2.05) is 0 Å². The highest BCUT2D eigenvalue weighted by atomic mass is 14.9. The number of hydrogen-bond acceptors (Lipinski definition) is 0. The van der Waals surface area contributed by atoms with Crippen molar-refractivity contribution in [2.75, 3.05) is 0 Å². The van der Waals surface area contributed by atoms with Gasteiger partial charge in [-0.2, -0.15) is 0 Å². The van der Waals surface area contributed by atoms with Crippen molar-refractivity contribution < 1.29 is 0 Å². The molecule has 0 saturated heterocycles. The number of aromatic nitrogens is 1. The third-order valence-electron chi connectivity index (χ3n) is 5.76. The van der Waals surface area contributed by atoms with Gasteiger partial charge in [0.1, 0.15) is 0 Å². The van der Waals surface area contributed by atoms with Crippen LogP contribution in [0.25, 0.3) is 16.6 Å². The molecule has 27 heavy (non-hydrogen) atoms. The van der Waals surface area contributed by atoms with Gasteiger partial charge in [-0.1, -0.05) is 42.0 Å². The third kappa shape index (κ3) is 3.42. The number of hydrogen-bond donors (Lipinski definition) is 0. The highest BCUT2D eigenvalue weighted by molar-refractivity contribution is 5.71. The maximum Gasteiger partial charge on any atom is 0.0459 e. The van der Waals surface area contributed by atoms with Crippen molar-refractivity contribution in [2.24, 2.45) is 0 Å². The molecule has 0 spiro atoms. The standard InChI is InChI=1S/C26H27N/c1-17-6-8-22(9-7-17)25-14-26-13-24(21(5)15-27(26)16-25)12-23-11-19(3)18(2)10-20(23)4/h6-11,13-16H,12H2,1-5H3. The first-order valence-corrected chi connectivity index (χ1v) is 9.66. The third-order valence-corrected chi connectivity index (χ3v) is 5.76. The van der Waals surface area contributed by atoms with Crippen molar-refractivity contribution in [3.63, 3.8) is 0 Å². The Labute approximate surface area is 162 Å². The molecule has 0 saturated carbocycles. The highest BCUT2D eigenvalue weighted by Gasteiger charge is 2.09. The Morgan fingerprint density at radius 3 is 2.00 bits per heavy atom. The van der Waals surface area contributed by atoms with Crippen molar-refractivity contribution in [1.82, 2.24) is 4.40 Å². The summed E-state index contributed by atoms with van der Waals surface area (Å²) in [5.41, 5.74) is 13.4. The Bertz CT molecular complexity index is 1130. The lowest BCUT2D eigenvalue weighted by Crippen LogP contribution is -1.98. The van der Waals surface area contributed by atoms with Crippen LogP contribution in [-0.4, -0.2) is 4.40 Å². The van der Waals surface area contributed by atoms with Gasteiger partial charge in [-0.05, 0) is 92.1 Å². The van der Waals surface area contributed by atoms with Crippen LogP contribution in [0.15, 0.2) is 60.9 Å². The zero-order valence-corrected chi connectivity index (χ0v) is 16.9. The Morgan fingerprint density at radius 1 is 0.593 bits per heavy atom. The summed E-state index contributed by atoms with van der Waals surface area (Å²) in [5, 5.41) is 0. The van der Waals surface area contributed by atoms with Crippen molar-refractivity contribution >= 4 is 5.52 Å². The van der Waals surface area contributed by atoms with Gasteiger partial charge in [-0.25, -0.2) is 0 Å². The molecule has 2 aromatic carbocycles. The van der Waals surface area contributed by atoms with Crippen molar-refractivity contribution in [3.8, 4) is 11.1 Å². The van der Waals surface area contributed by atoms with E-state index in [9.17, 15) is 0 Å². The summed E-state index contributed by atoms with van der Waals surface area (Å²) in [4.78, 5) is 0. The van der Waals surface area contributed by atoms with Crippen LogP contribution in [-0.2, 0) is 6.42 Å². The normalized spacial score (nSPS) is 11.3. The van der Waals surface area contributed by atoms with E-state index in [0.717, 1.165) is 6.42 Å². The van der Waals surface area contributed by atoms with E-state index in [2.05, 4.69) is 99.9 Å². The van der Waals surface area contributed by atoms with Crippen molar-refractivity contribution in [2.45, 2.75) is 41.0 Å². The quantitative estimate of drug-likeness (QED) is 0.384. The van der Waals surface area contributed by atoms with Crippen LogP contribution in [0.1, 0.15) is 38.9 Å². The maximum atomic E-state index is 2.35. The van der Waals surface area contributed by atoms with E-state index >= 15 is 0 Å². The number of pyridine rings is 1. The first-order chi connectivity index (χ1) is 12.9. The van der Waals surface area contributed by atoms with Crippen molar-refractivity contribution in [3.05, 3.63) is 99.9 Å². The molecule has 0 aliphatic carbocycles. The number of benzene rings is 2. The molecule has 1 heteroatoms. The van der Waals surface area contributed by atoms with Crippen LogP contribution in [0.2, 0.25) is 0 Å². The average molecular weight is 354 g/mol. The first kappa shape index (κ1) is 17.6. The molecule has 2 aromatic heterocycles. The second-order valence-electron chi connectivity index (χ2n) is 7.95. The minimum Gasteiger partial charge on any atom is -0.323 e. The van der Waals surface area contributed by atoms with Crippen LogP contribution in [0.5, 0.6) is 0 Å². The van der Waals surface area contributed by atoms with Gasteiger partial charge >= 0.3 is 0 Å². The second-order valence-corrected chi connectivity index (χ2v) is 7.95. The van der Waals surface area contributed by atoms with Crippen LogP contribution < -0.4 is 0 Å². The molecule has 0 N–H and O–H groups in total. The fourth-order valence-electron chi connectivity index (χ4n) is 3.82. The number of aryl methyl sites for hydroxylation is 5. The van der Waals surface area contributed by atoms with Gasteiger partial charge in [0.25, 0.3) is 0 Å². The molecule has 4 aromatic rings. The lowest BCUT2D eigenvalue weighted by molar-refractivity contribution is 1.07. The molecule has 0 amide bonds. The topological polar surface area (TPSA) is 4.41 Å². The molecular formula is C26H27N. The molecule has 4 rings (SSSR count). The number of fused-ring (bicyclic) bond motifs is 1. The van der Waals surface area contributed by atoms with E-state index in [1.54, 1.807) is 0 Å². The fourth-order valence-corrected chi connectivity index (χ4v) is 3.82. The molecule has 0 bridgehead atoms. The summed E-state index contributed by atoms with van der Waals surface area (Å²) in [6.07, 6.45) is 5.48. The Kier molecular flexibility index (Phi) is 4.39. The molecule has 136 valence electrons. The molecule has 0 atom stereocenters. The first-order valence-electron chi connectivity index (χ1n) is 9.66. The average Bonchev–Trinajstić information content (AvgIpc) is 3.03. The van der Waals surface area contributed by atoms with Gasteiger partial charge in [-0.15, -0.1) is 0 Å². The summed E-state index contributed by atoms with van der Waals surface area (Å²) in [5.74, 6) is 0. The second kappa shape index (κ2) is 6.74. The minimum atomic E-state index is 0.986. The Balaban J connectivity index is 1.73. The van der Waals surface area contributed by atoms with Crippen molar-refractivity contribution in [1.29, 1.82) is 0 Å². The van der Waals surface area contributed by atoms with Gasteiger partial charge in [0.2, 0.25) is 0 Å². The summed E-state index contributed by atoms with van der Waals surface area (Å²) >= 11 is 0. The molecule has 0 fully saturated rings. The van der Waals surface area contributed by atoms with Crippen LogP contribution in [0.4, 0.5) is 0 Å². The predicted octanol–water partition coefficient (Wildman–Crippen LogP) is 6.74. The molecule has 0 radical (unpaired) electrons. The zero-order valence-electron chi connectivity index (χ0n) is 16.9. The largest absolute Gasteiger partial charge is 0.323 e. The van der Waals surface area contributed by atoms with Crippen LogP contribution >= 0.6 is 0 Å². The van der Waals surface area contributed by atoms with Gasteiger partial charge in [0, 0.05) is 23.5 Å². The van der Waals surface area contributed by atoms with Gasteiger partial charge in [-0.3, -0.25) is 0 Å². The molecule has 1 nitrogen and oxygen atoms in total. The van der Waals surface area contributed by atoms with E-state index in [4.69, 9.17) is 0 Å². The minimum absolute atomic E-state index is 0.986. The van der Waals surface area contributed by atoms with E-state index in [1.165, 1.54) is 55.6 Å². The monoisotopic (exact) mass is 353 g/mol. The molecule has 2 heterocycles. The van der Waals surface area contributed by atoms with E-state index in [-0.39, 0.29) is 0 Å². The van der Waals surface area contributed by atoms with Gasteiger partial charge in [0.15, 0.2) is 0 Å². The fraction of sp³-hybridized carbons (Fsp3) is 0.231. The smallest absolute Gasteiger partial charge is 0.0459 e. The summed E-state index contributed by atoms with van der Waals surface area (Å²) in [6.45, 7) is 11.0. The van der Waals surface area contributed by atoms with E-state index in [0.29, 0.717) is 0 Å². The van der Waals surface area contributed by atoms with Crippen LogP contribution in [0, 0.1) is 34.6 Å². The predicted molar refractivity (Wildman–Crippen MR) is 116 cm³/mol. The Hall–Kier alpha value is -2.80. The van der Waals surface area contributed by atoms with Gasteiger partial charge in [0.05, 0.1) is 0 Å². The highest BCUT2D eigenvalue weighted by Crippen LogP contribution is 2.26. The lowest BCUT2D eigenvalue weighted by Gasteiger charge is -2.12. The Morgan fingerprint density at radius 2 is 1.26 bits per heavy atom. The molecule has 0 unspecified atom stereocenters. The van der Waals surface area contributed by atoms with Crippen LogP contribution in [0.3, 0.4) is 0 Å². The zero-order chi connectivity index (χ0) is 19.1. The summed E-state index contributed by atoms with van der Waals surface area (Å²) in [7, 11) is 0. The summed E-state index contributed by atoms with van der Waals surface area (Å²) < 4.78 is 2.25. The number of rotatable bonds is 3. The van der Waals surface area contributed by atoms with Gasteiger partial charge < -0.3 is 4.40 Å². The molecular weight excluding hydrogens is 326 g/mol. The SMILES string of the molecule is Cc1ccc(-c2cc3cc(Cc4cc(C)c(C)cc4C)c(C)cn3c2)cc1. The summed E-state index contributed by atoms with van der Waals surface area (Å²) in [6, 6.07) is 18.1. The lowest BCUT2D eigenvalue weighted by atomic mass is 9.94. The maximum absolute atomic E-state index is 2.35. The molecule has 0 aliphatic heterocycles.